The molecule has 1 rings (SSSR count). The number of morpholine rings is 1. The summed E-state index contributed by atoms with van der Waals surface area (Å²) in [7, 11) is 0. The van der Waals surface area contributed by atoms with E-state index in [0.29, 0.717) is 6.04 Å². The summed E-state index contributed by atoms with van der Waals surface area (Å²) in [5, 5.41) is 9.33. The van der Waals surface area contributed by atoms with E-state index in [1.807, 2.05) is 0 Å². The number of nitrogens with zero attached hydrogens (tertiary/aromatic N) is 1. The van der Waals surface area contributed by atoms with Crippen LogP contribution in [-0.2, 0) is 4.74 Å². The fourth-order valence-corrected chi connectivity index (χ4v) is 1.46. The molecule has 0 aromatic carbocycles. The summed E-state index contributed by atoms with van der Waals surface area (Å²) in [6.45, 7) is 8.72. The molecular formula is C9H19NO2. The second-order valence-corrected chi connectivity index (χ2v) is 3.74. The Kier molecular flexibility index (Phi) is 3.50. The maximum Gasteiger partial charge on any atom is 0.0958 e. The van der Waals surface area contributed by atoms with Gasteiger partial charge in [0, 0.05) is 19.1 Å². The second kappa shape index (κ2) is 4.21. The highest BCUT2D eigenvalue weighted by Gasteiger charge is 2.25. The first-order valence-electron chi connectivity index (χ1n) is 4.65. The molecule has 0 unspecified atom stereocenters. The smallest absolute Gasteiger partial charge is 0.0958 e. The van der Waals surface area contributed by atoms with Crippen LogP contribution in [0.4, 0.5) is 0 Å². The van der Waals surface area contributed by atoms with Gasteiger partial charge in [-0.2, -0.15) is 0 Å². The monoisotopic (exact) mass is 173 g/mol. The highest BCUT2D eigenvalue weighted by atomic mass is 16.5. The van der Waals surface area contributed by atoms with Crippen molar-refractivity contribution < 1.29 is 9.84 Å². The number of hydrogen-bond donors (Lipinski definition) is 1. The molecule has 0 amide bonds. The third-order valence-electron chi connectivity index (χ3n) is 2.39. The Morgan fingerprint density at radius 3 is 2.58 bits per heavy atom. The fourth-order valence-electron chi connectivity index (χ4n) is 1.46. The van der Waals surface area contributed by atoms with Crippen LogP contribution in [0, 0.1) is 0 Å². The molecule has 1 heterocycles. The van der Waals surface area contributed by atoms with Gasteiger partial charge in [0.1, 0.15) is 0 Å². The molecule has 3 nitrogen and oxygen atoms in total. The zero-order valence-electron chi connectivity index (χ0n) is 8.16. The van der Waals surface area contributed by atoms with Crippen LogP contribution in [0.3, 0.4) is 0 Å². The van der Waals surface area contributed by atoms with Crippen LogP contribution in [0.5, 0.6) is 0 Å². The molecule has 1 saturated heterocycles. The van der Waals surface area contributed by atoms with Crippen LogP contribution < -0.4 is 0 Å². The average Bonchev–Trinajstić information content (AvgIpc) is 2.04. The minimum atomic E-state index is -0.355. The van der Waals surface area contributed by atoms with Gasteiger partial charge in [-0.15, -0.1) is 0 Å². The molecule has 1 fully saturated rings. The average molecular weight is 173 g/mol. The first-order chi connectivity index (χ1) is 5.61. The van der Waals surface area contributed by atoms with Crippen molar-refractivity contribution in [3.63, 3.8) is 0 Å². The van der Waals surface area contributed by atoms with Crippen molar-refractivity contribution in [2.75, 3.05) is 19.7 Å². The van der Waals surface area contributed by atoms with Gasteiger partial charge in [0.25, 0.3) is 0 Å². The van der Waals surface area contributed by atoms with E-state index in [1.54, 1.807) is 6.92 Å². The fraction of sp³-hybridized carbons (Fsp3) is 1.00. The van der Waals surface area contributed by atoms with Crippen molar-refractivity contribution in [2.24, 2.45) is 0 Å². The van der Waals surface area contributed by atoms with Gasteiger partial charge < -0.3 is 9.84 Å². The normalized spacial score (nSPS) is 29.2. The Morgan fingerprint density at radius 2 is 2.08 bits per heavy atom. The SMILES string of the molecule is CC(C)N1CCO[C@H]([C@@H](C)O)C1. The van der Waals surface area contributed by atoms with Gasteiger partial charge in [-0.05, 0) is 20.8 Å². The molecule has 12 heavy (non-hydrogen) atoms. The quantitative estimate of drug-likeness (QED) is 0.659. The van der Waals surface area contributed by atoms with Crippen molar-refractivity contribution in [2.45, 2.75) is 39.0 Å². The number of aliphatic hydroxyl groups is 1. The number of rotatable bonds is 2. The van der Waals surface area contributed by atoms with Crippen LogP contribution in [0.25, 0.3) is 0 Å². The van der Waals surface area contributed by atoms with E-state index in [2.05, 4.69) is 18.7 Å². The van der Waals surface area contributed by atoms with Crippen molar-refractivity contribution in [1.82, 2.24) is 4.90 Å². The lowest BCUT2D eigenvalue weighted by molar-refractivity contribution is -0.0890. The minimum absolute atomic E-state index is 0.00106. The summed E-state index contributed by atoms with van der Waals surface area (Å²) in [5.74, 6) is 0. The summed E-state index contributed by atoms with van der Waals surface area (Å²) >= 11 is 0. The molecule has 1 aliphatic rings. The number of aliphatic hydroxyl groups excluding tert-OH is 1. The molecule has 0 spiro atoms. The largest absolute Gasteiger partial charge is 0.391 e. The van der Waals surface area contributed by atoms with Crippen LogP contribution in [0.2, 0.25) is 0 Å². The Bertz CT molecular complexity index is 122. The maximum absolute atomic E-state index is 9.33. The van der Waals surface area contributed by atoms with Crippen molar-refractivity contribution in [3.05, 3.63) is 0 Å². The first-order valence-corrected chi connectivity index (χ1v) is 4.65. The standard InChI is InChI=1S/C9H19NO2/c1-7(2)10-4-5-12-9(6-10)8(3)11/h7-9,11H,4-6H2,1-3H3/t8-,9+/m1/s1. The Balaban J connectivity index is 2.40. The van der Waals surface area contributed by atoms with E-state index >= 15 is 0 Å². The van der Waals surface area contributed by atoms with Gasteiger partial charge >= 0.3 is 0 Å². The van der Waals surface area contributed by atoms with E-state index in [-0.39, 0.29) is 12.2 Å². The molecule has 72 valence electrons. The van der Waals surface area contributed by atoms with Crippen molar-refractivity contribution in [1.29, 1.82) is 0 Å². The summed E-state index contributed by atoms with van der Waals surface area (Å²) in [6.07, 6.45) is -0.354. The molecule has 0 bridgehead atoms. The molecular weight excluding hydrogens is 154 g/mol. The molecule has 0 aromatic heterocycles. The molecule has 3 heteroatoms. The first kappa shape index (κ1) is 9.96. The van der Waals surface area contributed by atoms with E-state index in [9.17, 15) is 5.11 Å². The molecule has 0 saturated carbocycles. The second-order valence-electron chi connectivity index (χ2n) is 3.74. The maximum atomic E-state index is 9.33. The Morgan fingerprint density at radius 1 is 1.42 bits per heavy atom. The number of hydrogen-bond acceptors (Lipinski definition) is 3. The zero-order valence-corrected chi connectivity index (χ0v) is 8.16. The molecule has 1 aliphatic heterocycles. The van der Waals surface area contributed by atoms with E-state index in [0.717, 1.165) is 19.7 Å². The van der Waals surface area contributed by atoms with Crippen LogP contribution in [0.1, 0.15) is 20.8 Å². The molecule has 0 radical (unpaired) electrons. The predicted molar refractivity (Wildman–Crippen MR) is 48.1 cm³/mol. The van der Waals surface area contributed by atoms with Crippen LogP contribution in [0.15, 0.2) is 0 Å². The van der Waals surface area contributed by atoms with Crippen LogP contribution >= 0.6 is 0 Å². The lowest BCUT2D eigenvalue weighted by Gasteiger charge is -2.36. The van der Waals surface area contributed by atoms with Gasteiger partial charge in [-0.3, -0.25) is 4.90 Å². The summed E-state index contributed by atoms with van der Waals surface area (Å²) in [5.41, 5.74) is 0. The Hall–Kier alpha value is -0.120. The van der Waals surface area contributed by atoms with Gasteiger partial charge in [0.15, 0.2) is 0 Å². The van der Waals surface area contributed by atoms with Gasteiger partial charge in [-0.1, -0.05) is 0 Å². The highest BCUT2D eigenvalue weighted by Crippen LogP contribution is 2.11. The topological polar surface area (TPSA) is 32.7 Å². The van der Waals surface area contributed by atoms with Crippen molar-refractivity contribution in [3.8, 4) is 0 Å². The summed E-state index contributed by atoms with van der Waals surface area (Å²) in [6, 6.07) is 0.551. The third kappa shape index (κ3) is 2.44. The lowest BCUT2D eigenvalue weighted by atomic mass is 10.1. The van der Waals surface area contributed by atoms with Gasteiger partial charge in [-0.25, -0.2) is 0 Å². The third-order valence-corrected chi connectivity index (χ3v) is 2.39. The zero-order chi connectivity index (χ0) is 9.14. The minimum Gasteiger partial charge on any atom is -0.391 e. The van der Waals surface area contributed by atoms with Gasteiger partial charge in [0.2, 0.25) is 0 Å². The molecule has 0 aliphatic carbocycles. The van der Waals surface area contributed by atoms with Crippen LogP contribution in [-0.4, -0.2) is 48.0 Å². The molecule has 2 atom stereocenters. The molecule has 1 N–H and O–H groups in total. The summed E-state index contributed by atoms with van der Waals surface area (Å²) < 4.78 is 5.43. The molecule has 0 aromatic rings. The Labute approximate surface area is 74.3 Å². The summed E-state index contributed by atoms with van der Waals surface area (Å²) in [4.78, 5) is 2.33. The van der Waals surface area contributed by atoms with Crippen molar-refractivity contribution >= 4 is 0 Å². The van der Waals surface area contributed by atoms with Gasteiger partial charge in [0.05, 0.1) is 18.8 Å². The lowest BCUT2D eigenvalue weighted by Crippen LogP contribution is -2.49. The van der Waals surface area contributed by atoms with E-state index < -0.39 is 0 Å². The highest BCUT2D eigenvalue weighted by molar-refractivity contribution is 4.76. The van der Waals surface area contributed by atoms with E-state index in [4.69, 9.17) is 4.74 Å². The number of ether oxygens (including phenoxy) is 1. The predicted octanol–water partition coefficient (Wildman–Crippen LogP) is 0.476. The van der Waals surface area contributed by atoms with E-state index in [1.165, 1.54) is 0 Å².